The minimum atomic E-state index is 0.0392. The van der Waals surface area contributed by atoms with E-state index in [4.69, 9.17) is 27.9 Å². The summed E-state index contributed by atoms with van der Waals surface area (Å²) in [6.07, 6.45) is 5.65. The molecule has 0 aliphatic heterocycles. The molecule has 2 rings (SSSR count). The van der Waals surface area contributed by atoms with E-state index in [2.05, 4.69) is 18.3 Å². The number of halogens is 2. The van der Waals surface area contributed by atoms with Gasteiger partial charge in [-0.25, -0.2) is 0 Å². The topological polar surface area (TPSA) is 21.3 Å². The van der Waals surface area contributed by atoms with Crippen molar-refractivity contribution < 1.29 is 4.74 Å². The number of nitrogens with one attached hydrogen (secondary N) is 1. The van der Waals surface area contributed by atoms with Crippen molar-refractivity contribution in [1.82, 2.24) is 5.32 Å². The minimum absolute atomic E-state index is 0.0392. The maximum atomic E-state index is 6.15. The third kappa shape index (κ3) is 3.67. The highest BCUT2D eigenvalue weighted by Crippen LogP contribution is 2.42. The smallest absolute Gasteiger partial charge is 0.0697 e. The molecule has 1 atom stereocenters. The molecule has 0 aromatic heterocycles. The van der Waals surface area contributed by atoms with Crippen LogP contribution in [0.25, 0.3) is 0 Å². The Morgan fingerprint density at radius 3 is 2.55 bits per heavy atom. The Labute approximate surface area is 131 Å². The van der Waals surface area contributed by atoms with Gasteiger partial charge in [0.15, 0.2) is 0 Å². The summed E-state index contributed by atoms with van der Waals surface area (Å²) < 4.78 is 5.76. The van der Waals surface area contributed by atoms with Gasteiger partial charge in [0.05, 0.1) is 15.6 Å². The van der Waals surface area contributed by atoms with Crippen LogP contribution in [0.3, 0.4) is 0 Å². The summed E-state index contributed by atoms with van der Waals surface area (Å²) in [6, 6.07) is 6.17. The molecule has 1 N–H and O–H groups in total. The van der Waals surface area contributed by atoms with E-state index < -0.39 is 0 Å². The summed E-state index contributed by atoms with van der Waals surface area (Å²) in [6.45, 7) is 3.17. The molecular weight excluding hydrogens is 293 g/mol. The van der Waals surface area contributed by atoms with E-state index in [1.54, 1.807) is 0 Å². The lowest BCUT2D eigenvalue weighted by atomic mass is 9.74. The van der Waals surface area contributed by atoms with Crippen molar-refractivity contribution in [3.05, 3.63) is 33.8 Å². The van der Waals surface area contributed by atoms with Crippen LogP contribution in [-0.2, 0) is 4.74 Å². The molecule has 0 radical (unpaired) electrons. The van der Waals surface area contributed by atoms with E-state index in [0.29, 0.717) is 10.0 Å². The summed E-state index contributed by atoms with van der Waals surface area (Å²) in [5.74, 6) is 0. The quantitative estimate of drug-likeness (QED) is 0.765. The van der Waals surface area contributed by atoms with Crippen molar-refractivity contribution in [3.63, 3.8) is 0 Å². The minimum Gasteiger partial charge on any atom is -0.378 e. The van der Waals surface area contributed by atoms with E-state index in [1.165, 1.54) is 12.0 Å². The van der Waals surface area contributed by atoms with Crippen molar-refractivity contribution in [2.75, 3.05) is 13.7 Å². The van der Waals surface area contributed by atoms with Gasteiger partial charge in [0.2, 0.25) is 0 Å². The van der Waals surface area contributed by atoms with Gasteiger partial charge in [-0.15, -0.1) is 0 Å². The standard InChI is InChI=1S/C16H23Cl2NO/c1-3-9-19-15(11-16(20-2)7-4-8-16)12-5-6-13(17)14(18)10-12/h5-6,10,15,19H,3-4,7-9,11H2,1-2H3. The number of benzene rings is 1. The summed E-state index contributed by atoms with van der Waals surface area (Å²) in [5, 5.41) is 4.83. The molecule has 0 amide bonds. The van der Waals surface area contributed by atoms with Gasteiger partial charge >= 0.3 is 0 Å². The third-order valence-corrected chi connectivity index (χ3v) is 5.00. The second-order valence-corrected chi connectivity index (χ2v) is 6.44. The molecule has 4 heteroatoms. The van der Waals surface area contributed by atoms with Crippen LogP contribution in [0, 0.1) is 0 Å². The molecule has 1 saturated carbocycles. The molecular formula is C16H23Cl2NO. The molecule has 1 aliphatic carbocycles. The fraction of sp³-hybridized carbons (Fsp3) is 0.625. The van der Waals surface area contributed by atoms with Gasteiger partial charge < -0.3 is 10.1 Å². The highest BCUT2D eigenvalue weighted by atomic mass is 35.5. The maximum Gasteiger partial charge on any atom is 0.0697 e. The lowest BCUT2D eigenvalue weighted by Gasteiger charge is -2.43. The zero-order valence-electron chi connectivity index (χ0n) is 12.2. The Morgan fingerprint density at radius 1 is 1.30 bits per heavy atom. The fourth-order valence-electron chi connectivity index (χ4n) is 2.79. The molecule has 1 aliphatic rings. The second-order valence-electron chi connectivity index (χ2n) is 5.63. The van der Waals surface area contributed by atoms with Crippen LogP contribution in [-0.4, -0.2) is 19.3 Å². The van der Waals surface area contributed by atoms with Crippen LogP contribution in [0.15, 0.2) is 18.2 Å². The highest BCUT2D eigenvalue weighted by molar-refractivity contribution is 6.42. The van der Waals surface area contributed by atoms with Crippen LogP contribution in [0.1, 0.15) is 50.6 Å². The SMILES string of the molecule is CCCNC(CC1(OC)CCC1)c1ccc(Cl)c(Cl)c1. The van der Waals surface area contributed by atoms with Gasteiger partial charge in [-0.2, -0.15) is 0 Å². The van der Waals surface area contributed by atoms with Crippen molar-refractivity contribution in [2.45, 2.75) is 50.7 Å². The molecule has 0 heterocycles. The van der Waals surface area contributed by atoms with Gasteiger partial charge in [0.25, 0.3) is 0 Å². The molecule has 1 unspecified atom stereocenters. The van der Waals surface area contributed by atoms with Crippen LogP contribution in [0.2, 0.25) is 10.0 Å². The summed E-state index contributed by atoms with van der Waals surface area (Å²) >= 11 is 12.2. The first-order chi connectivity index (χ1) is 9.60. The Balaban J connectivity index is 2.15. The molecule has 1 aromatic carbocycles. The average Bonchev–Trinajstić information content (AvgIpc) is 2.41. The zero-order valence-corrected chi connectivity index (χ0v) is 13.7. The van der Waals surface area contributed by atoms with E-state index in [1.807, 2.05) is 19.2 Å². The van der Waals surface area contributed by atoms with E-state index in [0.717, 1.165) is 32.2 Å². The first-order valence-electron chi connectivity index (χ1n) is 7.34. The van der Waals surface area contributed by atoms with Gasteiger partial charge in [0.1, 0.15) is 0 Å². The number of rotatable bonds is 7. The predicted octanol–water partition coefficient (Wildman–Crippen LogP) is 4.99. The van der Waals surface area contributed by atoms with Crippen LogP contribution in [0.4, 0.5) is 0 Å². The van der Waals surface area contributed by atoms with E-state index in [9.17, 15) is 0 Å². The molecule has 2 nitrogen and oxygen atoms in total. The molecule has 0 bridgehead atoms. The second kappa shape index (κ2) is 7.13. The Hall–Kier alpha value is -0.280. The van der Waals surface area contributed by atoms with E-state index in [-0.39, 0.29) is 11.6 Å². The number of hydrogen-bond acceptors (Lipinski definition) is 2. The van der Waals surface area contributed by atoms with Crippen molar-refractivity contribution in [2.24, 2.45) is 0 Å². The van der Waals surface area contributed by atoms with Gasteiger partial charge in [-0.1, -0.05) is 36.2 Å². The van der Waals surface area contributed by atoms with Crippen molar-refractivity contribution in [3.8, 4) is 0 Å². The first-order valence-corrected chi connectivity index (χ1v) is 8.09. The van der Waals surface area contributed by atoms with Crippen molar-refractivity contribution >= 4 is 23.2 Å². The predicted molar refractivity (Wildman–Crippen MR) is 85.7 cm³/mol. The lowest BCUT2D eigenvalue weighted by molar-refractivity contribution is -0.0838. The molecule has 1 fully saturated rings. The largest absolute Gasteiger partial charge is 0.378 e. The van der Waals surface area contributed by atoms with Gasteiger partial charge in [0, 0.05) is 13.2 Å². The third-order valence-electron chi connectivity index (χ3n) is 4.26. The van der Waals surface area contributed by atoms with Crippen LogP contribution in [0.5, 0.6) is 0 Å². The number of ether oxygens (including phenoxy) is 1. The van der Waals surface area contributed by atoms with Crippen molar-refractivity contribution in [1.29, 1.82) is 0 Å². The van der Waals surface area contributed by atoms with Crippen LogP contribution < -0.4 is 5.32 Å². The highest BCUT2D eigenvalue weighted by Gasteiger charge is 2.39. The molecule has 0 spiro atoms. The first kappa shape index (κ1) is 16.1. The monoisotopic (exact) mass is 315 g/mol. The molecule has 1 aromatic rings. The molecule has 112 valence electrons. The lowest BCUT2D eigenvalue weighted by Crippen LogP contribution is -2.43. The maximum absolute atomic E-state index is 6.15. The van der Waals surface area contributed by atoms with Gasteiger partial charge in [-0.3, -0.25) is 0 Å². The number of methoxy groups -OCH3 is 1. The molecule has 0 saturated heterocycles. The molecule has 20 heavy (non-hydrogen) atoms. The normalized spacial score (nSPS) is 18.6. The zero-order chi connectivity index (χ0) is 14.6. The fourth-order valence-corrected chi connectivity index (χ4v) is 3.10. The van der Waals surface area contributed by atoms with E-state index >= 15 is 0 Å². The Morgan fingerprint density at radius 2 is 2.05 bits per heavy atom. The number of hydrogen-bond donors (Lipinski definition) is 1. The van der Waals surface area contributed by atoms with Gasteiger partial charge in [-0.05, 0) is 56.3 Å². The Bertz CT molecular complexity index is 441. The summed E-state index contributed by atoms with van der Waals surface area (Å²) in [4.78, 5) is 0. The van der Waals surface area contributed by atoms with Crippen LogP contribution >= 0.6 is 23.2 Å². The Kier molecular flexibility index (Phi) is 5.74. The summed E-state index contributed by atoms with van der Waals surface area (Å²) in [5.41, 5.74) is 1.23. The average molecular weight is 316 g/mol. The summed E-state index contributed by atoms with van der Waals surface area (Å²) in [7, 11) is 1.82.